The minimum absolute atomic E-state index is 0.268. The highest BCUT2D eigenvalue weighted by Crippen LogP contribution is 2.29. The second-order valence-electron chi connectivity index (χ2n) is 7.29. The third kappa shape index (κ3) is 4.02. The van der Waals surface area contributed by atoms with Crippen LogP contribution in [0.25, 0.3) is 22.6 Å². The molecule has 1 aromatic heterocycles. The van der Waals surface area contributed by atoms with Gasteiger partial charge in [0, 0.05) is 16.8 Å². The summed E-state index contributed by atoms with van der Waals surface area (Å²) in [7, 11) is 1.53. The van der Waals surface area contributed by atoms with Gasteiger partial charge in [0.25, 0.3) is 5.91 Å². The van der Waals surface area contributed by atoms with Crippen LogP contribution in [0.1, 0.15) is 35.7 Å². The van der Waals surface area contributed by atoms with Gasteiger partial charge in [0.2, 0.25) is 5.89 Å². The predicted octanol–water partition coefficient (Wildman–Crippen LogP) is 6.53. The van der Waals surface area contributed by atoms with Crippen LogP contribution in [0.5, 0.6) is 5.75 Å². The van der Waals surface area contributed by atoms with Crippen molar-refractivity contribution in [3.63, 3.8) is 0 Å². The summed E-state index contributed by atoms with van der Waals surface area (Å²) in [5, 5.41) is 3.26. The van der Waals surface area contributed by atoms with Gasteiger partial charge in [-0.2, -0.15) is 0 Å². The number of nitrogens with one attached hydrogen (secondary N) is 1. The van der Waals surface area contributed by atoms with Crippen molar-refractivity contribution in [2.45, 2.75) is 19.8 Å². The molecule has 1 N–H and O–H groups in total. The molecule has 0 atom stereocenters. The smallest absolute Gasteiger partial charge is 0.255 e. The van der Waals surface area contributed by atoms with Gasteiger partial charge in [0.15, 0.2) is 5.58 Å². The van der Waals surface area contributed by atoms with Crippen LogP contribution in [0.3, 0.4) is 0 Å². The second kappa shape index (κ2) is 8.20. The van der Waals surface area contributed by atoms with Gasteiger partial charge in [-0.05, 0) is 60.0 Å². The number of hydrogen-bond donors (Lipinski definition) is 1. The van der Waals surface area contributed by atoms with Crippen molar-refractivity contribution in [3.8, 4) is 17.2 Å². The number of carbonyl (C=O) groups is 1. The standard InChI is InChI=1S/C24H21ClN2O3/c1-14(2)15-7-10-22-20(13-15)27-24(30-22)17-5-4-6-18(11-17)26-23(28)16-8-9-21(29-3)19(25)12-16/h4-14H,1-3H3,(H,26,28). The molecule has 0 saturated carbocycles. The van der Waals surface area contributed by atoms with E-state index in [4.69, 9.17) is 20.8 Å². The molecule has 1 heterocycles. The molecule has 0 fully saturated rings. The summed E-state index contributed by atoms with van der Waals surface area (Å²) in [6.07, 6.45) is 0. The second-order valence-corrected chi connectivity index (χ2v) is 7.69. The van der Waals surface area contributed by atoms with Gasteiger partial charge in [-0.1, -0.05) is 37.6 Å². The van der Waals surface area contributed by atoms with E-state index in [-0.39, 0.29) is 5.91 Å². The fourth-order valence-corrected chi connectivity index (χ4v) is 3.43. The molecular weight excluding hydrogens is 400 g/mol. The Bertz CT molecular complexity index is 1230. The van der Waals surface area contributed by atoms with Gasteiger partial charge >= 0.3 is 0 Å². The lowest BCUT2D eigenvalue weighted by Crippen LogP contribution is -2.11. The zero-order valence-electron chi connectivity index (χ0n) is 16.9. The minimum atomic E-state index is -0.268. The number of benzene rings is 3. The number of anilines is 1. The first-order chi connectivity index (χ1) is 14.4. The molecule has 5 nitrogen and oxygen atoms in total. The number of halogens is 1. The maximum Gasteiger partial charge on any atom is 0.255 e. The highest BCUT2D eigenvalue weighted by molar-refractivity contribution is 6.32. The molecule has 0 spiro atoms. The van der Waals surface area contributed by atoms with Gasteiger partial charge in [0.05, 0.1) is 12.1 Å². The normalized spacial score (nSPS) is 11.1. The maximum absolute atomic E-state index is 12.6. The van der Waals surface area contributed by atoms with E-state index >= 15 is 0 Å². The summed E-state index contributed by atoms with van der Waals surface area (Å²) in [5.41, 5.74) is 4.61. The van der Waals surface area contributed by atoms with Crippen molar-refractivity contribution in [1.82, 2.24) is 4.98 Å². The molecule has 0 bridgehead atoms. The largest absolute Gasteiger partial charge is 0.495 e. The van der Waals surface area contributed by atoms with Crippen molar-refractivity contribution >= 4 is 34.3 Å². The Morgan fingerprint density at radius 1 is 1.10 bits per heavy atom. The summed E-state index contributed by atoms with van der Waals surface area (Å²) < 4.78 is 11.0. The summed E-state index contributed by atoms with van der Waals surface area (Å²) in [6.45, 7) is 4.29. The van der Waals surface area contributed by atoms with E-state index in [2.05, 4.69) is 30.2 Å². The van der Waals surface area contributed by atoms with Gasteiger partial charge in [-0.15, -0.1) is 0 Å². The third-order valence-electron chi connectivity index (χ3n) is 4.86. The summed E-state index contributed by atoms with van der Waals surface area (Å²) in [5.74, 6) is 1.18. The van der Waals surface area contributed by atoms with E-state index in [1.165, 1.54) is 12.7 Å². The van der Waals surface area contributed by atoms with Gasteiger partial charge in [-0.25, -0.2) is 4.98 Å². The van der Waals surface area contributed by atoms with Gasteiger partial charge in [-0.3, -0.25) is 4.79 Å². The Hall–Kier alpha value is -3.31. The molecule has 1 amide bonds. The van der Waals surface area contributed by atoms with Crippen LogP contribution in [0, 0.1) is 0 Å². The number of aromatic nitrogens is 1. The van der Waals surface area contributed by atoms with E-state index in [0.717, 1.165) is 16.7 Å². The minimum Gasteiger partial charge on any atom is -0.495 e. The molecular formula is C24H21ClN2O3. The van der Waals surface area contributed by atoms with E-state index < -0.39 is 0 Å². The SMILES string of the molecule is COc1ccc(C(=O)Nc2cccc(-c3nc4cc(C(C)C)ccc4o3)c2)cc1Cl. The van der Waals surface area contributed by atoms with Crippen LogP contribution in [-0.4, -0.2) is 18.0 Å². The number of amides is 1. The fourth-order valence-electron chi connectivity index (χ4n) is 3.17. The molecule has 30 heavy (non-hydrogen) atoms. The van der Waals surface area contributed by atoms with E-state index in [1.54, 1.807) is 18.2 Å². The average Bonchev–Trinajstić information content (AvgIpc) is 3.17. The fraction of sp³-hybridized carbons (Fsp3) is 0.167. The lowest BCUT2D eigenvalue weighted by Gasteiger charge is -2.08. The zero-order chi connectivity index (χ0) is 21.3. The van der Waals surface area contributed by atoms with Crippen molar-refractivity contribution < 1.29 is 13.9 Å². The van der Waals surface area contributed by atoms with Gasteiger partial charge in [0.1, 0.15) is 11.3 Å². The monoisotopic (exact) mass is 420 g/mol. The Balaban J connectivity index is 1.59. The first kappa shape index (κ1) is 20.0. The molecule has 0 radical (unpaired) electrons. The highest BCUT2D eigenvalue weighted by Gasteiger charge is 2.13. The Morgan fingerprint density at radius 3 is 2.67 bits per heavy atom. The predicted molar refractivity (Wildman–Crippen MR) is 119 cm³/mol. The molecule has 6 heteroatoms. The number of methoxy groups -OCH3 is 1. The molecule has 4 aromatic rings. The molecule has 0 aliphatic rings. The number of fused-ring (bicyclic) bond motifs is 1. The Labute approximate surface area is 179 Å². The van der Waals surface area contributed by atoms with Crippen LogP contribution >= 0.6 is 11.6 Å². The van der Waals surface area contributed by atoms with Gasteiger partial charge < -0.3 is 14.5 Å². The number of nitrogens with zero attached hydrogens (tertiary/aromatic N) is 1. The van der Waals surface area contributed by atoms with E-state index in [0.29, 0.717) is 33.8 Å². The molecule has 0 aliphatic carbocycles. The molecule has 0 unspecified atom stereocenters. The summed E-state index contributed by atoms with van der Waals surface area (Å²) >= 11 is 6.13. The van der Waals surface area contributed by atoms with Crippen LogP contribution in [0.2, 0.25) is 5.02 Å². The molecule has 3 aromatic carbocycles. The summed E-state index contributed by atoms with van der Waals surface area (Å²) in [4.78, 5) is 17.2. The molecule has 0 saturated heterocycles. The Morgan fingerprint density at radius 2 is 1.93 bits per heavy atom. The third-order valence-corrected chi connectivity index (χ3v) is 5.16. The van der Waals surface area contributed by atoms with Crippen LogP contribution in [0.4, 0.5) is 5.69 Å². The van der Waals surface area contributed by atoms with Crippen molar-refractivity contribution in [2.24, 2.45) is 0 Å². The average molecular weight is 421 g/mol. The molecule has 152 valence electrons. The van der Waals surface area contributed by atoms with Crippen molar-refractivity contribution in [2.75, 3.05) is 12.4 Å². The lowest BCUT2D eigenvalue weighted by molar-refractivity contribution is 0.102. The van der Waals surface area contributed by atoms with Crippen LogP contribution in [-0.2, 0) is 0 Å². The highest BCUT2D eigenvalue weighted by atomic mass is 35.5. The first-order valence-corrected chi connectivity index (χ1v) is 9.98. The van der Waals surface area contributed by atoms with Crippen molar-refractivity contribution in [1.29, 1.82) is 0 Å². The zero-order valence-corrected chi connectivity index (χ0v) is 17.7. The van der Waals surface area contributed by atoms with Crippen LogP contribution in [0.15, 0.2) is 65.1 Å². The maximum atomic E-state index is 12.6. The summed E-state index contributed by atoms with van der Waals surface area (Å²) in [6, 6.07) is 18.3. The molecule has 4 rings (SSSR count). The van der Waals surface area contributed by atoms with Crippen LogP contribution < -0.4 is 10.1 Å². The quantitative estimate of drug-likeness (QED) is 0.398. The lowest BCUT2D eigenvalue weighted by atomic mass is 10.0. The number of oxazole rings is 1. The molecule has 0 aliphatic heterocycles. The number of rotatable bonds is 5. The van der Waals surface area contributed by atoms with E-state index in [1.807, 2.05) is 36.4 Å². The first-order valence-electron chi connectivity index (χ1n) is 9.60. The van der Waals surface area contributed by atoms with E-state index in [9.17, 15) is 4.79 Å². The number of carbonyl (C=O) groups excluding carboxylic acids is 1. The van der Waals surface area contributed by atoms with Crippen molar-refractivity contribution in [3.05, 3.63) is 76.8 Å². The number of hydrogen-bond acceptors (Lipinski definition) is 4. The topological polar surface area (TPSA) is 64.4 Å². The number of ether oxygens (including phenoxy) is 1. The Kier molecular flexibility index (Phi) is 5.46.